The molecule has 8 nitrogen and oxygen atoms in total. The van der Waals surface area contributed by atoms with E-state index in [4.69, 9.17) is 19.9 Å². The van der Waals surface area contributed by atoms with Gasteiger partial charge in [0, 0.05) is 35.9 Å². The van der Waals surface area contributed by atoms with Crippen LogP contribution in [-0.4, -0.2) is 53.9 Å². The first-order chi connectivity index (χ1) is 24.7. The molecule has 0 spiro atoms. The van der Waals surface area contributed by atoms with Crippen molar-refractivity contribution in [1.29, 1.82) is 0 Å². The summed E-state index contributed by atoms with van der Waals surface area (Å²) in [6.07, 6.45) is 0.847. The molecule has 272 valence electrons. The standard InChI is InChI=1S/C41H48N4O4S2Si/c1-27-35(50-26-44-27)29-20-18-28(19-21-29)22-31-24-43-37(51-31)34-23-30(25-45(34)38(46)36(40(2,3)4)48-39(42)47)49-52(41(5,6)7,32-14-10-8-11-15-32)33-16-12-9-13-17-33/h8-21,24,26,30,34,36H,22-23,25H2,1-7H3,(H2,42,47)/t30-,34+,36-/m1/s1. The molecule has 3 heterocycles. The highest BCUT2D eigenvalue weighted by Crippen LogP contribution is 2.43. The molecule has 5 aromatic rings. The largest absolute Gasteiger partial charge is 0.436 e. The predicted octanol–water partition coefficient (Wildman–Crippen LogP) is 7.89. The zero-order chi connectivity index (χ0) is 37.3. The number of aryl methyl sites for hydroxylation is 1. The van der Waals surface area contributed by atoms with Crippen molar-refractivity contribution < 1.29 is 18.8 Å². The Hall–Kier alpha value is -4.16. The fourth-order valence-electron chi connectivity index (χ4n) is 7.28. The molecule has 0 radical (unpaired) electrons. The second kappa shape index (κ2) is 15.1. The lowest BCUT2D eigenvalue weighted by atomic mass is 9.88. The third kappa shape index (κ3) is 7.78. The quantitative estimate of drug-likeness (QED) is 0.146. The highest BCUT2D eigenvalue weighted by molar-refractivity contribution is 7.13. The van der Waals surface area contributed by atoms with Gasteiger partial charge in [-0.15, -0.1) is 22.7 Å². The number of thiazole rings is 2. The van der Waals surface area contributed by atoms with Crippen molar-refractivity contribution in [1.82, 2.24) is 14.9 Å². The van der Waals surface area contributed by atoms with Gasteiger partial charge in [0.05, 0.1) is 28.2 Å². The fourth-order valence-corrected chi connectivity index (χ4v) is 13.9. The summed E-state index contributed by atoms with van der Waals surface area (Å²) in [4.78, 5) is 40.0. The summed E-state index contributed by atoms with van der Waals surface area (Å²) in [6.45, 7) is 14.8. The Kier molecular flexibility index (Phi) is 10.9. The third-order valence-electron chi connectivity index (χ3n) is 9.75. The molecule has 1 saturated heterocycles. The second-order valence-electron chi connectivity index (χ2n) is 15.6. The van der Waals surface area contributed by atoms with Gasteiger partial charge in [0.15, 0.2) is 6.10 Å². The molecule has 0 saturated carbocycles. The Morgan fingerprint density at radius 3 is 2.06 bits per heavy atom. The minimum absolute atomic E-state index is 0.242. The van der Waals surface area contributed by atoms with Crippen LogP contribution in [0, 0.1) is 12.3 Å². The van der Waals surface area contributed by atoms with Crippen LogP contribution in [0.25, 0.3) is 10.4 Å². The normalized spacial score (nSPS) is 17.2. The minimum Gasteiger partial charge on any atom is -0.436 e. The molecular formula is C41H48N4O4S2Si. The maximum Gasteiger partial charge on any atom is 0.405 e. The number of primary amides is 1. The average Bonchev–Trinajstić information content (AvgIpc) is 3.86. The van der Waals surface area contributed by atoms with Crippen LogP contribution >= 0.6 is 22.7 Å². The number of benzene rings is 3. The molecule has 0 aliphatic carbocycles. The molecule has 2 aromatic heterocycles. The summed E-state index contributed by atoms with van der Waals surface area (Å²) in [6, 6.07) is 29.3. The molecule has 2 amide bonds. The van der Waals surface area contributed by atoms with Gasteiger partial charge in [-0.25, -0.2) is 14.8 Å². The SMILES string of the molecule is Cc1ncsc1-c1ccc(Cc2cnc([C@@H]3C[C@@H](O[Si](c4ccccc4)(c4ccccc4)C(C)(C)C)CN3C(=O)[C@@H](OC(N)=O)C(C)(C)C)s2)cc1. The van der Waals surface area contributed by atoms with Gasteiger partial charge in [-0.05, 0) is 33.5 Å². The molecule has 52 heavy (non-hydrogen) atoms. The number of carbonyl (C=O) groups is 2. The predicted molar refractivity (Wildman–Crippen MR) is 213 cm³/mol. The number of aromatic nitrogens is 2. The highest BCUT2D eigenvalue weighted by atomic mass is 32.1. The van der Waals surface area contributed by atoms with E-state index in [-0.39, 0.29) is 23.1 Å². The first-order valence-corrected chi connectivity index (χ1v) is 21.3. The third-order valence-corrected chi connectivity index (χ3v) is 16.9. The van der Waals surface area contributed by atoms with E-state index in [1.54, 1.807) is 22.7 Å². The first kappa shape index (κ1) is 37.6. The lowest BCUT2D eigenvalue weighted by Crippen LogP contribution is -2.67. The van der Waals surface area contributed by atoms with Crippen LogP contribution in [-0.2, 0) is 20.4 Å². The van der Waals surface area contributed by atoms with Crippen LogP contribution in [0.2, 0.25) is 5.04 Å². The first-order valence-electron chi connectivity index (χ1n) is 17.7. The summed E-state index contributed by atoms with van der Waals surface area (Å²) >= 11 is 3.26. The van der Waals surface area contributed by atoms with Gasteiger partial charge in [0.1, 0.15) is 5.01 Å². The number of nitrogens with zero attached hydrogens (tertiary/aromatic N) is 3. The van der Waals surface area contributed by atoms with Gasteiger partial charge in [-0.2, -0.15) is 0 Å². The number of carbonyl (C=O) groups excluding carboxylic acids is 2. The molecule has 0 bridgehead atoms. The Labute approximate surface area is 316 Å². The van der Waals surface area contributed by atoms with Crippen LogP contribution in [0.1, 0.15) is 75.1 Å². The van der Waals surface area contributed by atoms with E-state index in [1.165, 1.54) is 20.8 Å². The molecule has 1 aliphatic heterocycles. The van der Waals surface area contributed by atoms with E-state index in [0.29, 0.717) is 13.0 Å². The van der Waals surface area contributed by atoms with Crippen molar-refractivity contribution in [2.75, 3.05) is 6.54 Å². The van der Waals surface area contributed by atoms with Crippen molar-refractivity contribution in [3.05, 3.63) is 118 Å². The summed E-state index contributed by atoms with van der Waals surface area (Å²) < 4.78 is 13.1. The Morgan fingerprint density at radius 1 is 0.923 bits per heavy atom. The number of hydrogen-bond acceptors (Lipinski definition) is 8. The lowest BCUT2D eigenvalue weighted by Gasteiger charge is -2.44. The summed E-state index contributed by atoms with van der Waals surface area (Å²) in [7, 11) is -2.94. The zero-order valence-corrected chi connectivity index (χ0v) is 33.6. The van der Waals surface area contributed by atoms with Gasteiger partial charge in [-0.1, -0.05) is 126 Å². The molecule has 1 aliphatic rings. The smallest absolute Gasteiger partial charge is 0.405 e. The van der Waals surface area contributed by atoms with Crippen LogP contribution in [0.4, 0.5) is 4.79 Å². The van der Waals surface area contributed by atoms with Gasteiger partial charge in [-0.3, -0.25) is 4.79 Å². The molecule has 3 aromatic carbocycles. The molecule has 2 N–H and O–H groups in total. The van der Waals surface area contributed by atoms with Crippen LogP contribution < -0.4 is 16.1 Å². The van der Waals surface area contributed by atoms with E-state index in [2.05, 4.69) is 98.6 Å². The number of rotatable bonds is 10. The van der Waals surface area contributed by atoms with E-state index >= 15 is 0 Å². The molecule has 3 atom stereocenters. The van der Waals surface area contributed by atoms with Crippen LogP contribution in [0.5, 0.6) is 0 Å². The Bertz CT molecular complexity index is 1950. The number of ether oxygens (including phenoxy) is 1. The maximum absolute atomic E-state index is 14.5. The van der Waals surface area contributed by atoms with Crippen molar-refractivity contribution in [3.63, 3.8) is 0 Å². The number of amides is 2. The summed E-state index contributed by atoms with van der Waals surface area (Å²) in [5, 5.41) is 2.94. The van der Waals surface area contributed by atoms with Gasteiger partial charge in [0.2, 0.25) is 0 Å². The zero-order valence-electron chi connectivity index (χ0n) is 31.0. The van der Waals surface area contributed by atoms with Gasteiger partial charge in [0.25, 0.3) is 14.2 Å². The van der Waals surface area contributed by atoms with Crippen molar-refractivity contribution >= 4 is 53.4 Å². The molecule has 11 heteroatoms. The molecule has 0 unspecified atom stereocenters. The lowest BCUT2D eigenvalue weighted by molar-refractivity contribution is -0.147. The van der Waals surface area contributed by atoms with Gasteiger partial charge < -0.3 is 19.8 Å². The fraction of sp³-hybridized carbons (Fsp3) is 0.366. The second-order valence-corrected chi connectivity index (χ2v) is 21.9. The molecular weight excluding hydrogens is 705 g/mol. The van der Waals surface area contributed by atoms with Crippen molar-refractivity contribution in [2.24, 2.45) is 11.1 Å². The average molecular weight is 753 g/mol. The van der Waals surface area contributed by atoms with Crippen molar-refractivity contribution in [3.8, 4) is 10.4 Å². The van der Waals surface area contributed by atoms with Crippen LogP contribution in [0.3, 0.4) is 0 Å². The highest BCUT2D eigenvalue weighted by Gasteiger charge is 2.54. The topological polar surface area (TPSA) is 108 Å². The monoisotopic (exact) mass is 752 g/mol. The Balaban J connectivity index is 1.35. The molecule has 6 rings (SSSR count). The minimum atomic E-state index is -2.94. The van der Waals surface area contributed by atoms with E-state index in [9.17, 15) is 9.59 Å². The number of likely N-dealkylation sites (tertiary alicyclic amines) is 1. The van der Waals surface area contributed by atoms with E-state index in [0.717, 1.165) is 27.6 Å². The summed E-state index contributed by atoms with van der Waals surface area (Å²) in [5.74, 6) is -0.296. The van der Waals surface area contributed by atoms with Crippen molar-refractivity contribution in [2.45, 2.75) is 84.6 Å². The number of nitrogens with two attached hydrogens (primary N) is 1. The summed E-state index contributed by atoms with van der Waals surface area (Å²) in [5.41, 5.74) is 10.1. The maximum atomic E-state index is 14.5. The van der Waals surface area contributed by atoms with E-state index in [1.807, 2.05) is 56.4 Å². The van der Waals surface area contributed by atoms with E-state index < -0.39 is 25.9 Å². The Morgan fingerprint density at radius 2 is 1.54 bits per heavy atom. The number of hydrogen-bond donors (Lipinski definition) is 1. The van der Waals surface area contributed by atoms with Gasteiger partial charge >= 0.3 is 6.09 Å². The molecule has 1 fully saturated rings. The van der Waals surface area contributed by atoms with Crippen LogP contribution in [0.15, 0.2) is 96.6 Å².